The van der Waals surface area contributed by atoms with Gasteiger partial charge in [-0.05, 0) is 25.5 Å². The summed E-state index contributed by atoms with van der Waals surface area (Å²) in [5.74, 6) is 1.03. The van der Waals surface area contributed by atoms with Crippen molar-refractivity contribution in [1.29, 1.82) is 0 Å². The minimum Gasteiger partial charge on any atom is -0.232 e. The average molecular weight is 389 g/mol. The molecule has 0 saturated carbocycles. The summed E-state index contributed by atoms with van der Waals surface area (Å²) in [5, 5.41) is 0. The molecule has 0 spiro atoms. The van der Waals surface area contributed by atoms with Crippen molar-refractivity contribution in [3.05, 3.63) is 120 Å². The third-order valence-corrected chi connectivity index (χ3v) is 6.10. The highest BCUT2D eigenvalue weighted by atomic mass is 14.9. The van der Waals surface area contributed by atoms with Crippen molar-refractivity contribution < 1.29 is 0 Å². The molecule has 2 aliphatic rings. The second-order valence-electron chi connectivity index (χ2n) is 8.22. The highest BCUT2D eigenvalue weighted by Crippen LogP contribution is 2.43. The van der Waals surface area contributed by atoms with Crippen LogP contribution in [0.1, 0.15) is 18.2 Å². The van der Waals surface area contributed by atoms with Crippen LogP contribution < -0.4 is 0 Å². The Bertz CT molecular complexity index is 1200. The van der Waals surface area contributed by atoms with Gasteiger partial charge in [-0.15, -0.1) is 0 Å². The zero-order valence-electron chi connectivity index (χ0n) is 17.3. The first-order valence-corrected chi connectivity index (χ1v) is 10.4. The van der Waals surface area contributed by atoms with Crippen LogP contribution in [0.3, 0.4) is 0 Å². The Labute approximate surface area is 178 Å². The van der Waals surface area contributed by atoms with Crippen molar-refractivity contribution >= 4 is 0 Å². The maximum absolute atomic E-state index is 5.10. The van der Waals surface area contributed by atoms with Gasteiger partial charge in [0, 0.05) is 22.5 Å². The van der Waals surface area contributed by atoms with Crippen LogP contribution in [0.2, 0.25) is 0 Å². The molecule has 2 heteroatoms. The lowest BCUT2D eigenvalue weighted by molar-refractivity contribution is 0.468. The Morgan fingerprint density at radius 3 is 2.43 bits per heavy atom. The van der Waals surface area contributed by atoms with Crippen molar-refractivity contribution in [3.8, 4) is 22.6 Å². The number of hydrogen-bond donors (Lipinski definition) is 0. The number of rotatable bonds is 3. The Kier molecular flexibility index (Phi) is 4.55. The Hall–Kier alpha value is -3.52. The van der Waals surface area contributed by atoms with Crippen molar-refractivity contribution in [1.82, 2.24) is 9.97 Å². The molecule has 0 radical (unpaired) electrons. The zero-order valence-corrected chi connectivity index (χ0v) is 17.3. The highest BCUT2D eigenvalue weighted by molar-refractivity contribution is 5.65. The van der Waals surface area contributed by atoms with Crippen LogP contribution in [0.15, 0.2) is 109 Å². The quantitative estimate of drug-likeness (QED) is 0.504. The molecule has 2 aromatic carbocycles. The number of benzene rings is 2. The van der Waals surface area contributed by atoms with Gasteiger partial charge < -0.3 is 0 Å². The van der Waals surface area contributed by atoms with E-state index in [9.17, 15) is 0 Å². The number of nitrogens with zero attached hydrogens (tertiary/aromatic N) is 2. The summed E-state index contributed by atoms with van der Waals surface area (Å²) in [7, 11) is 0. The van der Waals surface area contributed by atoms with E-state index in [2.05, 4.69) is 111 Å². The summed E-state index contributed by atoms with van der Waals surface area (Å²) >= 11 is 0. The average Bonchev–Trinajstić information content (AvgIpc) is 2.80. The molecule has 2 atom stereocenters. The van der Waals surface area contributed by atoms with E-state index in [1.54, 1.807) is 0 Å². The Morgan fingerprint density at radius 2 is 1.63 bits per heavy atom. The lowest BCUT2D eigenvalue weighted by Crippen LogP contribution is -2.33. The van der Waals surface area contributed by atoms with Crippen molar-refractivity contribution in [2.24, 2.45) is 5.92 Å². The summed E-state index contributed by atoms with van der Waals surface area (Å²) in [6.07, 6.45) is 15.4. The molecule has 2 aliphatic carbocycles. The maximum atomic E-state index is 5.10. The summed E-state index contributed by atoms with van der Waals surface area (Å²) in [6, 6.07) is 21.0. The zero-order chi connectivity index (χ0) is 20.6. The fourth-order valence-electron chi connectivity index (χ4n) is 4.28. The SMILES string of the molecule is Cc1ccc(-c2nc(-c3ccccc3)cc(C3(C)C=CC=C4C=CC=CC43)n2)cc1. The lowest BCUT2D eigenvalue weighted by atomic mass is 9.67. The third-order valence-electron chi connectivity index (χ3n) is 6.10. The van der Waals surface area contributed by atoms with Gasteiger partial charge in [-0.2, -0.15) is 0 Å². The first kappa shape index (κ1) is 18.5. The van der Waals surface area contributed by atoms with Gasteiger partial charge in [-0.3, -0.25) is 0 Å². The van der Waals surface area contributed by atoms with Gasteiger partial charge in [0.15, 0.2) is 5.82 Å². The summed E-state index contributed by atoms with van der Waals surface area (Å²) in [4.78, 5) is 10.0. The smallest absolute Gasteiger partial charge is 0.160 e. The van der Waals surface area contributed by atoms with E-state index in [4.69, 9.17) is 9.97 Å². The fourth-order valence-corrected chi connectivity index (χ4v) is 4.28. The number of fused-ring (bicyclic) bond motifs is 1. The standard InChI is InChI=1S/C28H24N2/c1-20-14-16-23(17-15-20)27-29-25(22-10-4-3-5-11-22)19-26(30-27)28(2)18-8-12-21-9-6-7-13-24(21)28/h3-19,24H,1-2H3. The molecule has 0 aliphatic heterocycles. The number of aromatic nitrogens is 2. The minimum absolute atomic E-state index is 0.239. The first-order chi connectivity index (χ1) is 14.6. The summed E-state index contributed by atoms with van der Waals surface area (Å²) in [5.41, 5.74) is 6.45. The molecular weight excluding hydrogens is 364 g/mol. The van der Waals surface area contributed by atoms with Gasteiger partial charge in [0.1, 0.15) is 0 Å². The predicted octanol–water partition coefficient (Wildman–Crippen LogP) is 6.62. The molecule has 2 nitrogen and oxygen atoms in total. The van der Waals surface area contributed by atoms with Crippen LogP contribution in [0.4, 0.5) is 0 Å². The molecule has 0 amide bonds. The Morgan fingerprint density at radius 1 is 0.833 bits per heavy atom. The van der Waals surface area contributed by atoms with Crippen molar-refractivity contribution in [3.63, 3.8) is 0 Å². The molecular formula is C28H24N2. The van der Waals surface area contributed by atoms with Crippen LogP contribution in [0.5, 0.6) is 0 Å². The molecule has 1 aromatic heterocycles. The molecule has 1 heterocycles. The Balaban J connectivity index is 1.70. The molecule has 5 rings (SSSR count). The molecule has 0 N–H and O–H groups in total. The number of aryl methyl sites for hydroxylation is 1. The molecule has 0 saturated heterocycles. The van der Waals surface area contributed by atoms with Crippen LogP contribution in [0, 0.1) is 12.8 Å². The highest BCUT2D eigenvalue weighted by Gasteiger charge is 2.38. The molecule has 30 heavy (non-hydrogen) atoms. The van der Waals surface area contributed by atoms with Crippen LogP contribution in [-0.4, -0.2) is 9.97 Å². The van der Waals surface area contributed by atoms with E-state index in [-0.39, 0.29) is 11.3 Å². The monoisotopic (exact) mass is 388 g/mol. The molecule has 3 aromatic rings. The van der Waals surface area contributed by atoms with E-state index in [1.807, 2.05) is 6.07 Å². The van der Waals surface area contributed by atoms with Crippen molar-refractivity contribution in [2.75, 3.05) is 0 Å². The first-order valence-electron chi connectivity index (χ1n) is 10.4. The molecule has 146 valence electrons. The van der Waals surface area contributed by atoms with Gasteiger partial charge in [-0.1, -0.05) is 103 Å². The van der Waals surface area contributed by atoms with Gasteiger partial charge >= 0.3 is 0 Å². The fraction of sp³-hybridized carbons (Fsp3) is 0.143. The van der Waals surface area contributed by atoms with Crippen molar-refractivity contribution in [2.45, 2.75) is 19.3 Å². The molecule has 0 bridgehead atoms. The van der Waals surface area contributed by atoms with E-state index >= 15 is 0 Å². The summed E-state index contributed by atoms with van der Waals surface area (Å²) < 4.78 is 0. The molecule has 0 fully saturated rings. The van der Waals surface area contributed by atoms with Crippen LogP contribution in [-0.2, 0) is 5.41 Å². The molecule has 2 unspecified atom stereocenters. The lowest BCUT2D eigenvalue weighted by Gasteiger charge is -2.37. The number of hydrogen-bond acceptors (Lipinski definition) is 2. The van der Waals surface area contributed by atoms with Gasteiger partial charge in [0.05, 0.1) is 11.4 Å². The maximum Gasteiger partial charge on any atom is 0.160 e. The normalized spacial score (nSPS) is 21.9. The van der Waals surface area contributed by atoms with Gasteiger partial charge in [-0.25, -0.2) is 9.97 Å². The third kappa shape index (κ3) is 3.25. The van der Waals surface area contributed by atoms with E-state index < -0.39 is 0 Å². The van der Waals surface area contributed by atoms with Crippen LogP contribution >= 0.6 is 0 Å². The van der Waals surface area contributed by atoms with Gasteiger partial charge in [0.2, 0.25) is 0 Å². The second kappa shape index (κ2) is 7.38. The topological polar surface area (TPSA) is 25.8 Å². The van der Waals surface area contributed by atoms with E-state index in [0.717, 1.165) is 28.3 Å². The summed E-state index contributed by atoms with van der Waals surface area (Å²) in [6.45, 7) is 4.38. The van der Waals surface area contributed by atoms with E-state index in [0.29, 0.717) is 0 Å². The predicted molar refractivity (Wildman–Crippen MR) is 124 cm³/mol. The largest absolute Gasteiger partial charge is 0.232 e. The van der Waals surface area contributed by atoms with Crippen LogP contribution in [0.25, 0.3) is 22.6 Å². The number of allylic oxidation sites excluding steroid dienone is 8. The minimum atomic E-state index is -0.239. The van der Waals surface area contributed by atoms with E-state index in [1.165, 1.54) is 11.1 Å². The van der Waals surface area contributed by atoms with Gasteiger partial charge in [0.25, 0.3) is 0 Å². The second-order valence-corrected chi connectivity index (χ2v) is 8.22.